The van der Waals surface area contributed by atoms with E-state index in [9.17, 15) is 4.79 Å². The van der Waals surface area contributed by atoms with E-state index in [-0.39, 0.29) is 5.78 Å². The van der Waals surface area contributed by atoms with Crippen molar-refractivity contribution in [2.75, 3.05) is 6.61 Å². The molecule has 3 nitrogen and oxygen atoms in total. The van der Waals surface area contributed by atoms with Crippen molar-refractivity contribution in [3.63, 3.8) is 0 Å². The van der Waals surface area contributed by atoms with E-state index in [1.165, 1.54) is 0 Å². The molecule has 0 amide bonds. The third kappa shape index (κ3) is 4.10. The Bertz CT molecular complexity index is 360. The summed E-state index contributed by atoms with van der Waals surface area (Å²) in [4.78, 5) is 11.5. The van der Waals surface area contributed by atoms with Gasteiger partial charge in [-0.1, -0.05) is 26.0 Å². The van der Waals surface area contributed by atoms with E-state index >= 15 is 0 Å². The van der Waals surface area contributed by atoms with Gasteiger partial charge in [0.05, 0.1) is 6.61 Å². The van der Waals surface area contributed by atoms with E-state index in [4.69, 9.17) is 9.47 Å². The Morgan fingerprint density at radius 1 is 1.24 bits per heavy atom. The smallest absolute Gasteiger partial charge is 0.172 e. The second kappa shape index (κ2) is 6.94. The van der Waals surface area contributed by atoms with E-state index in [0.717, 1.165) is 6.42 Å². The quantitative estimate of drug-likeness (QED) is 0.729. The number of para-hydroxylation sites is 2. The molecule has 0 heterocycles. The van der Waals surface area contributed by atoms with E-state index in [2.05, 4.69) is 0 Å². The highest BCUT2D eigenvalue weighted by atomic mass is 16.5. The van der Waals surface area contributed by atoms with Gasteiger partial charge in [-0.3, -0.25) is 4.79 Å². The van der Waals surface area contributed by atoms with Gasteiger partial charge in [-0.15, -0.1) is 0 Å². The first-order valence-electron chi connectivity index (χ1n) is 6.10. The summed E-state index contributed by atoms with van der Waals surface area (Å²) in [6, 6.07) is 7.44. The maximum absolute atomic E-state index is 11.5. The summed E-state index contributed by atoms with van der Waals surface area (Å²) in [7, 11) is 0. The largest absolute Gasteiger partial charge is 0.490 e. The average molecular weight is 236 g/mol. The van der Waals surface area contributed by atoms with Gasteiger partial charge in [-0.2, -0.15) is 0 Å². The molecule has 1 aromatic carbocycles. The van der Waals surface area contributed by atoms with Crippen molar-refractivity contribution >= 4 is 5.78 Å². The molecule has 17 heavy (non-hydrogen) atoms. The SMILES string of the molecule is CCCOc1ccccc1OC(C)C(=O)CC. The number of hydrogen-bond acceptors (Lipinski definition) is 3. The zero-order valence-electron chi connectivity index (χ0n) is 10.7. The second-order valence-electron chi connectivity index (χ2n) is 3.88. The van der Waals surface area contributed by atoms with Gasteiger partial charge in [-0.05, 0) is 25.5 Å². The van der Waals surface area contributed by atoms with Crippen LogP contribution in [0.3, 0.4) is 0 Å². The fourth-order valence-corrected chi connectivity index (χ4v) is 1.42. The molecule has 0 radical (unpaired) electrons. The molecule has 0 saturated heterocycles. The number of Topliss-reactive ketones (excluding diaryl/α,β-unsaturated/α-hetero) is 1. The van der Waals surface area contributed by atoms with Gasteiger partial charge in [0.1, 0.15) is 0 Å². The fourth-order valence-electron chi connectivity index (χ4n) is 1.42. The molecule has 1 unspecified atom stereocenters. The van der Waals surface area contributed by atoms with Crippen LogP contribution in [0.1, 0.15) is 33.6 Å². The highest BCUT2D eigenvalue weighted by molar-refractivity contribution is 5.82. The predicted molar refractivity (Wildman–Crippen MR) is 67.6 cm³/mol. The van der Waals surface area contributed by atoms with Crippen LogP contribution in [0.15, 0.2) is 24.3 Å². The first kappa shape index (κ1) is 13.6. The fraction of sp³-hybridized carbons (Fsp3) is 0.500. The lowest BCUT2D eigenvalue weighted by molar-refractivity contribution is -0.124. The summed E-state index contributed by atoms with van der Waals surface area (Å²) in [5, 5.41) is 0. The van der Waals surface area contributed by atoms with Crippen molar-refractivity contribution in [2.45, 2.75) is 39.7 Å². The lowest BCUT2D eigenvalue weighted by Gasteiger charge is -2.16. The molecule has 0 saturated carbocycles. The summed E-state index contributed by atoms with van der Waals surface area (Å²) >= 11 is 0. The van der Waals surface area contributed by atoms with E-state index < -0.39 is 6.10 Å². The number of benzene rings is 1. The van der Waals surface area contributed by atoms with E-state index in [1.54, 1.807) is 6.92 Å². The Labute approximate surface area is 103 Å². The molecule has 0 aliphatic carbocycles. The number of carbonyl (C=O) groups is 1. The standard InChI is InChI=1S/C14H20O3/c1-4-10-16-13-8-6-7-9-14(13)17-11(3)12(15)5-2/h6-9,11H,4-5,10H2,1-3H3. The van der Waals surface area contributed by atoms with E-state index in [1.807, 2.05) is 38.1 Å². The minimum atomic E-state index is -0.425. The first-order valence-corrected chi connectivity index (χ1v) is 6.10. The zero-order valence-corrected chi connectivity index (χ0v) is 10.7. The van der Waals surface area contributed by atoms with Gasteiger partial charge in [0.25, 0.3) is 0 Å². The van der Waals surface area contributed by atoms with Crippen LogP contribution in [0, 0.1) is 0 Å². The molecule has 0 aliphatic rings. The van der Waals surface area contributed by atoms with Crippen LogP contribution < -0.4 is 9.47 Å². The van der Waals surface area contributed by atoms with Crippen molar-refractivity contribution in [2.24, 2.45) is 0 Å². The molecule has 0 N–H and O–H groups in total. The van der Waals surface area contributed by atoms with Crippen LogP contribution in [-0.2, 0) is 4.79 Å². The first-order chi connectivity index (χ1) is 8.19. The molecule has 3 heteroatoms. The molecule has 0 aromatic heterocycles. The van der Waals surface area contributed by atoms with Crippen LogP contribution in [0.25, 0.3) is 0 Å². The highest BCUT2D eigenvalue weighted by Gasteiger charge is 2.14. The number of ketones is 1. The molecule has 1 aromatic rings. The normalized spacial score (nSPS) is 11.9. The lowest BCUT2D eigenvalue weighted by Crippen LogP contribution is -2.23. The number of ether oxygens (including phenoxy) is 2. The summed E-state index contributed by atoms with van der Waals surface area (Å²) in [5.41, 5.74) is 0. The van der Waals surface area contributed by atoms with Gasteiger partial charge in [0.2, 0.25) is 0 Å². The summed E-state index contributed by atoms with van der Waals surface area (Å²) in [6.45, 7) is 6.30. The number of hydrogen-bond donors (Lipinski definition) is 0. The van der Waals surface area contributed by atoms with Crippen molar-refractivity contribution in [1.29, 1.82) is 0 Å². The Hall–Kier alpha value is -1.51. The maximum Gasteiger partial charge on any atom is 0.172 e. The van der Waals surface area contributed by atoms with Gasteiger partial charge >= 0.3 is 0 Å². The molecular weight excluding hydrogens is 216 g/mol. The molecule has 1 rings (SSSR count). The minimum Gasteiger partial charge on any atom is -0.490 e. The molecular formula is C14H20O3. The van der Waals surface area contributed by atoms with Gasteiger partial charge in [-0.25, -0.2) is 0 Å². The Morgan fingerprint density at radius 3 is 2.47 bits per heavy atom. The summed E-state index contributed by atoms with van der Waals surface area (Å²) in [5.74, 6) is 1.43. The van der Waals surface area contributed by atoms with Gasteiger partial charge in [0.15, 0.2) is 23.4 Å². The highest BCUT2D eigenvalue weighted by Crippen LogP contribution is 2.27. The average Bonchev–Trinajstić information content (AvgIpc) is 2.36. The van der Waals surface area contributed by atoms with Gasteiger partial charge < -0.3 is 9.47 Å². The topological polar surface area (TPSA) is 35.5 Å². The van der Waals surface area contributed by atoms with Crippen LogP contribution in [0.4, 0.5) is 0 Å². The Morgan fingerprint density at radius 2 is 1.88 bits per heavy atom. The maximum atomic E-state index is 11.5. The summed E-state index contributed by atoms with van der Waals surface area (Å²) < 4.78 is 11.2. The predicted octanol–water partition coefficient (Wildman–Crippen LogP) is 3.22. The second-order valence-corrected chi connectivity index (χ2v) is 3.88. The third-order valence-corrected chi connectivity index (χ3v) is 2.42. The molecule has 0 bridgehead atoms. The van der Waals surface area contributed by atoms with Crippen molar-refractivity contribution in [3.05, 3.63) is 24.3 Å². The van der Waals surface area contributed by atoms with E-state index in [0.29, 0.717) is 24.5 Å². The van der Waals surface area contributed by atoms with Crippen LogP contribution >= 0.6 is 0 Å². The molecule has 94 valence electrons. The van der Waals surface area contributed by atoms with Crippen molar-refractivity contribution in [1.82, 2.24) is 0 Å². The van der Waals surface area contributed by atoms with Crippen LogP contribution in [0.5, 0.6) is 11.5 Å². The van der Waals surface area contributed by atoms with Crippen molar-refractivity contribution < 1.29 is 14.3 Å². The number of rotatable bonds is 7. The van der Waals surface area contributed by atoms with Gasteiger partial charge in [0, 0.05) is 6.42 Å². The van der Waals surface area contributed by atoms with Crippen LogP contribution in [0.2, 0.25) is 0 Å². The monoisotopic (exact) mass is 236 g/mol. The lowest BCUT2D eigenvalue weighted by atomic mass is 10.2. The van der Waals surface area contributed by atoms with Crippen molar-refractivity contribution in [3.8, 4) is 11.5 Å². The zero-order chi connectivity index (χ0) is 12.7. The molecule has 0 spiro atoms. The third-order valence-electron chi connectivity index (χ3n) is 2.42. The summed E-state index contributed by atoms with van der Waals surface area (Å²) in [6.07, 6.45) is 1.00. The van der Waals surface area contributed by atoms with Crippen LogP contribution in [-0.4, -0.2) is 18.5 Å². The molecule has 1 atom stereocenters. The minimum absolute atomic E-state index is 0.0929. The number of carbonyl (C=O) groups excluding carboxylic acids is 1. The molecule has 0 fully saturated rings. The Kier molecular flexibility index (Phi) is 5.53. The molecule has 0 aliphatic heterocycles. The Balaban J connectivity index is 2.72.